The highest BCUT2D eigenvalue weighted by molar-refractivity contribution is 5.81. The normalized spacial score (nSPS) is 24.7. The van der Waals surface area contributed by atoms with Crippen LogP contribution in [0.15, 0.2) is 0 Å². The Morgan fingerprint density at radius 1 is 1.73 bits per heavy atom. The van der Waals surface area contributed by atoms with Crippen molar-refractivity contribution in [2.45, 2.75) is 19.8 Å². The first-order valence-corrected chi connectivity index (χ1v) is 4.28. The number of amides is 1. The van der Waals surface area contributed by atoms with Crippen molar-refractivity contribution >= 4 is 5.91 Å². The molecule has 0 saturated carbocycles. The predicted octanol–water partition coefficient (Wildman–Crippen LogP) is 0.204. The molecule has 64 valence electrons. The second kappa shape index (κ2) is 3.72. The largest absolute Gasteiger partial charge is 0.342 e. The fourth-order valence-corrected chi connectivity index (χ4v) is 1.51. The Bertz CT molecular complexity index is 147. The standard InChI is InChI=1S/C8H16N2O/c1-2-4-10-5-3-7(6-9)8(10)11/h7H,2-6,9H2,1H3. The monoisotopic (exact) mass is 156 g/mol. The maximum Gasteiger partial charge on any atom is 0.227 e. The molecule has 1 aliphatic rings. The first-order valence-electron chi connectivity index (χ1n) is 4.28. The summed E-state index contributed by atoms with van der Waals surface area (Å²) in [6.45, 7) is 4.41. The summed E-state index contributed by atoms with van der Waals surface area (Å²) in [4.78, 5) is 13.3. The number of nitrogens with two attached hydrogens (primary N) is 1. The highest BCUT2D eigenvalue weighted by atomic mass is 16.2. The summed E-state index contributed by atoms with van der Waals surface area (Å²) in [6.07, 6.45) is 2.00. The van der Waals surface area contributed by atoms with Gasteiger partial charge in [-0.15, -0.1) is 0 Å². The highest BCUT2D eigenvalue weighted by Crippen LogP contribution is 2.16. The molecule has 0 aliphatic carbocycles. The molecule has 3 heteroatoms. The lowest BCUT2D eigenvalue weighted by Crippen LogP contribution is -2.30. The molecule has 0 aromatic rings. The fraction of sp³-hybridized carbons (Fsp3) is 0.875. The number of nitrogens with zero attached hydrogens (tertiary/aromatic N) is 1. The van der Waals surface area contributed by atoms with E-state index in [9.17, 15) is 4.79 Å². The third-order valence-corrected chi connectivity index (χ3v) is 2.19. The van der Waals surface area contributed by atoms with E-state index in [4.69, 9.17) is 5.73 Å². The van der Waals surface area contributed by atoms with Crippen molar-refractivity contribution in [1.29, 1.82) is 0 Å². The van der Waals surface area contributed by atoms with Gasteiger partial charge in [-0.1, -0.05) is 6.92 Å². The van der Waals surface area contributed by atoms with Gasteiger partial charge in [-0.3, -0.25) is 4.79 Å². The topological polar surface area (TPSA) is 46.3 Å². The van der Waals surface area contributed by atoms with Gasteiger partial charge in [-0.25, -0.2) is 0 Å². The molecule has 1 amide bonds. The summed E-state index contributed by atoms with van der Waals surface area (Å²) in [7, 11) is 0. The number of hydrogen-bond acceptors (Lipinski definition) is 2. The van der Waals surface area contributed by atoms with Crippen molar-refractivity contribution in [2.24, 2.45) is 11.7 Å². The lowest BCUT2D eigenvalue weighted by atomic mass is 10.1. The average Bonchev–Trinajstić information content (AvgIpc) is 2.34. The van der Waals surface area contributed by atoms with E-state index in [2.05, 4.69) is 6.92 Å². The quantitative estimate of drug-likeness (QED) is 0.634. The van der Waals surface area contributed by atoms with Crippen LogP contribution in [0.5, 0.6) is 0 Å². The molecular weight excluding hydrogens is 140 g/mol. The lowest BCUT2D eigenvalue weighted by Gasteiger charge is -2.14. The maximum absolute atomic E-state index is 11.4. The number of hydrogen-bond donors (Lipinski definition) is 1. The molecule has 1 saturated heterocycles. The SMILES string of the molecule is CCCN1CCC(CN)C1=O. The molecule has 0 radical (unpaired) electrons. The van der Waals surface area contributed by atoms with E-state index < -0.39 is 0 Å². The van der Waals surface area contributed by atoms with Crippen LogP contribution in [-0.2, 0) is 4.79 Å². The van der Waals surface area contributed by atoms with Crippen LogP contribution >= 0.6 is 0 Å². The molecule has 0 bridgehead atoms. The van der Waals surface area contributed by atoms with Gasteiger partial charge in [0, 0.05) is 19.6 Å². The van der Waals surface area contributed by atoms with Gasteiger partial charge in [0.2, 0.25) is 5.91 Å². The molecule has 1 heterocycles. The summed E-state index contributed by atoms with van der Waals surface area (Å²) in [5.74, 6) is 0.371. The molecular formula is C8H16N2O. The summed E-state index contributed by atoms with van der Waals surface area (Å²) < 4.78 is 0. The van der Waals surface area contributed by atoms with Crippen LogP contribution in [0.4, 0.5) is 0 Å². The molecule has 1 atom stereocenters. The number of likely N-dealkylation sites (tertiary alicyclic amines) is 1. The molecule has 1 aliphatic heterocycles. The van der Waals surface area contributed by atoms with Gasteiger partial charge in [-0.05, 0) is 12.8 Å². The smallest absolute Gasteiger partial charge is 0.227 e. The summed E-state index contributed by atoms with van der Waals surface area (Å²) in [5, 5.41) is 0. The van der Waals surface area contributed by atoms with Gasteiger partial charge in [0.15, 0.2) is 0 Å². The predicted molar refractivity (Wildman–Crippen MR) is 44.0 cm³/mol. The van der Waals surface area contributed by atoms with Crippen LogP contribution in [0.1, 0.15) is 19.8 Å². The second-order valence-electron chi connectivity index (χ2n) is 3.05. The van der Waals surface area contributed by atoms with E-state index in [0.717, 1.165) is 25.9 Å². The second-order valence-corrected chi connectivity index (χ2v) is 3.05. The van der Waals surface area contributed by atoms with E-state index in [1.54, 1.807) is 0 Å². The minimum atomic E-state index is 0.113. The van der Waals surface area contributed by atoms with Crippen LogP contribution in [0.3, 0.4) is 0 Å². The molecule has 1 rings (SSSR count). The van der Waals surface area contributed by atoms with Gasteiger partial charge in [0.05, 0.1) is 5.92 Å². The minimum Gasteiger partial charge on any atom is -0.342 e. The number of carbonyl (C=O) groups excluding carboxylic acids is 1. The van der Waals surface area contributed by atoms with Crippen LogP contribution < -0.4 is 5.73 Å². The highest BCUT2D eigenvalue weighted by Gasteiger charge is 2.29. The Balaban J connectivity index is 2.42. The molecule has 1 unspecified atom stereocenters. The summed E-state index contributed by atoms with van der Waals surface area (Å²) >= 11 is 0. The Hall–Kier alpha value is -0.570. The summed E-state index contributed by atoms with van der Waals surface area (Å²) in [6, 6.07) is 0. The van der Waals surface area contributed by atoms with Gasteiger partial charge < -0.3 is 10.6 Å². The Labute approximate surface area is 67.5 Å². The zero-order chi connectivity index (χ0) is 8.27. The van der Waals surface area contributed by atoms with E-state index in [1.807, 2.05) is 4.90 Å². The molecule has 2 N–H and O–H groups in total. The van der Waals surface area contributed by atoms with Gasteiger partial charge in [-0.2, -0.15) is 0 Å². The van der Waals surface area contributed by atoms with E-state index in [0.29, 0.717) is 6.54 Å². The fourth-order valence-electron chi connectivity index (χ4n) is 1.51. The molecule has 0 aromatic carbocycles. The maximum atomic E-state index is 11.4. The average molecular weight is 156 g/mol. The molecule has 3 nitrogen and oxygen atoms in total. The van der Waals surface area contributed by atoms with E-state index >= 15 is 0 Å². The number of rotatable bonds is 3. The van der Waals surface area contributed by atoms with Crippen molar-refractivity contribution in [2.75, 3.05) is 19.6 Å². The first kappa shape index (κ1) is 8.53. The van der Waals surface area contributed by atoms with Crippen LogP contribution in [0.25, 0.3) is 0 Å². The van der Waals surface area contributed by atoms with Crippen molar-refractivity contribution < 1.29 is 4.79 Å². The van der Waals surface area contributed by atoms with Crippen LogP contribution in [0.2, 0.25) is 0 Å². The Morgan fingerprint density at radius 3 is 2.91 bits per heavy atom. The molecule has 0 spiro atoms. The zero-order valence-corrected chi connectivity index (χ0v) is 7.05. The van der Waals surface area contributed by atoms with Gasteiger partial charge in [0.25, 0.3) is 0 Å². The molecule has 1 fully saturated rings. The van der Waals surface area contributed by atoms with Crippen LogP contribution in [0, 0.1) is 5.92 Å². The van der Waals surface area contributed by atoms with Crippen LogP contribution in [-0.4, -0.2) is 30.4 Å². The third-order valence-electron chi connectivity index (χ3n) is 2.19. The van der Waals surface area contributed by atoms with Gasteiger partial charge in [0.1, 0.15) is 0 Å². The van der Waals surface area contributed by atoms with E-state index in [1.165, 1.54) is 0 Å². The van der Waals surface area contributed by atoms with Crippen molar-refractivity contribution in [3.63, 3.8) is 0 Å². The van der Waals surface area contributed by atoms with Crippen molar-refractivity contribution in [3.8, 4) is 0 Å². The lowest BCUT2D eigenvalue weighted by molar-refractivity contribution is -0.130. The van der Waals surface area contributed by atoms with Crippen molar-refractivity contribution in [3.05, 3.63) is 0 Å². The first-order chi connectivity index (χ1) is 5.29. The summed E-state index contributed by atoms with van der Waals surface area (Å²) in [5.41, 5.74) is 5.44. The minimum absolute atomic E-state index is 0.113. The van der Waals surface area contributed by atoms with Crippen molar-refractivity contribution in [1.82, 2.24) is 4.90 Å². The van der Waals surface area contributed by atoms with Gasteiger partial charge >= 0.3 is 0 Å². The Morgan fingerprint density at radius 2 is 2.45 bits per heavy atom. The molecule has 11 heavy (non-hydrogen) atoms. The zero-order valence-electron chi connectivity index (χ0n) is 7.05. The van der Waals surface area contributed by atoms with E-state index in [-0.39, 0.29) is 11.8 Å². The Kier molecular flexibility index (Phi) is 2.88. The third kappa shape index (κ3) is 1.71. The molecule has 0 aromatic heterocycles. The number of carbonyl (C=O) groups is 1.